The van der Waals surface area contributed by atoms with Crippen molar-refractivity contribution < 1.29 is 5.11 Å². The van der Waals surface area contributed by atoms with Crippen molar-refractivity contribution in [1.82, 2.24) is 14.8 Å². The summed E-state index contributed by atoms with van der Waals surface area (Å²) in [5.41, 5.74) is 5.50. The highest BCUT2D eigenvalue weighted by molar-refractivity contribution is 7.71. The second-order valence-corrected chi connectivity index (χ2v) is 6.21. The highest BCUT2D eigenvalue weighted by Crippen LogP contribution is 2.30. The number of hydrogen-bond acceptors (Lipinski definition) is 3. The lowest BCUT2D eigenvalue weighted by Crippen LogP contribution is -2.06. The lowest BCUT2D eigenvalue weighted by atomic mass is 10.0. The summed E-state index contributed by atoms with van der Waals surface area (Å²) in [5, 5.41) is 17.1. The lowest BCUT2D eigenvalue weighted by molar-refractivity contribution is 0.475. The van der Waals surface area contributed by atoms with Crippen LogP contribution in [0.5, 0.6) is 5.75 Å². The molecule has 0 aliphatic carbocycles. The quantitative estimate of drug-likeness (QED) is 0.675. The number of benzene rings is 2. The standard InChI is InChI=1S/C19H21N3OS/c1-4-13-7-6-8-14(5-2)17(13)22-18(20-21-19(22)24)16-10-9-15(23)11-12(16)3/h6-11,23H,4-5H2,1-3H3,(H,21,24). The molecule has 0 aliphatic rings. The molecule has 0 fully saturated rings. The summed E-state index contributed by atoms with van der Waals surface area (Å²) in [6, 6.07) is 11.7. The highest BCUT2D eigenvalue weighted by Gasteiger charge is 2.17. The van der Waals surface area contributed by atoms with Gasteiger partial charge in [0.05, 0.1) is 5.69 Å². The Morgan fingerprint density at radius 1 is 1.12 bits per heavy atom. The van der Waals surface area contributed by atoms with Crippen LogP contribution in [0.3, 0.4) is 0 Å². The average molecular weight is 339 g/mol. The molecule has 0 aliphatic heterocycles. The first kappa shape index (κ1) is 16.5. The van der Waals surface area contributed by atoms with Gasteiger partial charge in [0.25, 0.3) is 0 Å². The molecule has 3 rings (SSSR count). The molecule has 124 valence electrons. The minimum atomic E-state index is 0.250. The fourth-order valence-electron chi connectivity index (χ4n) is 3.09. The smallest absolute Gasteiger partial charge is 0.200 e. The van der Waals surface area contributed by atoms with Gasteiger partial charge in [-0.15, -0.1) is 0 Å². The van der Waals surface area contributed by atoms with Crippen molar-refractivity contribution in [3.05, 3.63) is 57.9 Å². The number of aromatic amines is 1. The SMILES string of the molecule is CCc1cccc(CC)c1-n1c(-c2ccc(O)cc2C)n[nH]c1=S. The van der Waals surface area contributed by atoms with E-state index in [2.05, 4.69) is 42.2 Å². The third-order valence-electron chi connectivity index (χ3n) is 4.31. The molecule has 5 heteroatoms. The molecule has 1 heterocycles. The van der Waals surface area contributed by atoms with Gasteiger partial charge in [-0.1, -0.05) is 32.0 Å². The maximum atomic E-state index is 9.68. The van der Waals surface area contributed by atoms with Gasteiger partial charge < -0.3 is 5.11 Å². The molecule has 0 bridgehead atoms. The zero-order valence-corrected chi connectivity index (χ0v) is 14.9. The zero-order chi connectivity index (χ0) is 17.3. The summed E-state index contributed by atoms with van der Waals surface area (Å²) in [5.74, 6) is 1.02. The summed E-state index contributed by atoms with van der Waals surface area (Å²) in [4.78, 5) is 0. The Balaban J connectivity index is 2.32. The van der Waals surface area contributed by atoms with E-state index < -0.39 is 0 Å². The van der Waals surface area contributed by atoms with Gasteiger partial charge in [-0.05, 0) is 66.9 Å². The molecule has 2 aromatic carbocycles. The number of H-pyrrole nitrogens is 1. The molecule has 0 atom stereocenters. The summed E-state index contributed by atoms with van der Waals surface area (Å²) in [7, 11) is 0. The van der Waals surface area contributed by atoms with Gasteiger partial charge in [0, 0.05) is 5.56 Å². The van der Waals surface area contributed by atoms with Crippen LogP contribution in [-0.4, -0.2) is 19.9 Å². The molecule has 0 radical (unpaired) electrons. The number of phenols is 1. The molecular formula is C19H21N3OS. The van der Waals surface area contributed by atoms with Crippen molar-refractivity contribution in [2.45, 2.75) is 33.6 Å². The van der Waals surface area contributed by atoms with Crippen molar-refractivity contribution in [2.24, 2.45) is 0 Å². The number of aryl methyl sites for hydroxylation is 3. The fraction of sp³-hybridized carbons (Fsp3) is 0.263. The molecule has 0 saturated heterocycles. The van der Waals surface area contributed by atoms with Crippen LogP contribution in [0.4, 0.5) is 0 Å². The van der Waals surface area contributed by atoms with Crippen molar-refractivity contribution in [2.75, 3.05) is 0 Å². The van der Waals surface area contributed by atoms with Crippen molar-refractivity contribution >= 4 is 12.2 Å². The predicted molar refractivity (Wildman–Crippen MR) is 99.3 cm³/mol. The molecule has 4 nitrogen and oxygen atoms in total. The molecule has 2 N–H and O–H groups in total. The van der Waals surface area contributed by atoms with E-state index in [0.29, 0.717) is 4.77 Å². The van der Waals surface area contributed by atoms with Crippen molar-refractivity contribution in [3.8, 4) is 22.8 Å². The van der Waals surface area contributed by atoms with Gasteiger partial charge in [0.15, 0.2) is 10.6 Å². The van der Waals surface area contributed by atoms with Crippen LogP contribution in [0, 0.1) is 11.7 Å². The Labute approximate surface area is 146 Å². The first-order chi connectivity index (χ1) is 11.6. The van der Waals surface area contributed by atoms with E-state index in [1.54, 1.807) is 12.1 Å². The van der Waals surface area contributed by atoms with Crippen molar-refractivity contribution in [1.29, 1.82) is 0 Å². The maximum Gasteiger partial charge on any atom is 0.200 e. The number of aromatic nitrogens is 3. The largest absolute Gasteiger partial charge is 0.508 e. The first-order valence-electron chi connectivity index (χ1n) is 8.15. The number of hydrogen-bond donors (Lipinski definition) is 2. The summed E-state index contributed by atoms with van der Waals surface area (Å²) >= 11 is 5.53. The average Bonchev–Trinajstić information content (AvgIpc) is 2.95. The molecule has 0 amide bonds. The van der Waals surface area contributed by atoms with Gasteiger partial charge in [-0.2, -0.15) is 5.10 Å². The van der Waals surface area contributed by atoms with E-state index in [9.17, 15) is 5.11 Å². The van der Waals surface area contributed by atoms with E-state index in [1.807, 2.05) is 17.6 Å². The van der Waals surface area contributed by atoms with Crippen LogP contribution >= 0.6 is 12.2 Å². The van der Waals surface area contributed by atoms with E-state index in [-0.39, 0.29) is 5.75 Å². The number of rotatable bonds is 4. The Hall–Kier alpha value is -2.40. The molecule has 24 heavy (non-hydrogen) atoms. The van der Waals surface area contributed by atoms with Crippen LogP contribution in [0.2, 0.25) is 0 Å². The van der Waals surface area contributed by atoms with Crippen LogP contribution < -0.4 is 0 Å². The van der Waals surface area contributed by atoms with E-state index >= 15 is 0 Å². The number of nitrogens with one attached hydrogen (secondary N) is 1. The van der Waals surface area contributed by atoms with Crippen LogP contribution in [-0.2, 0) is 12.8 Å². The minimum absolute atomic E-state index is 0.250. The third kappa shape index (κ3) is 2.76. The summed E-state index contributed by atoms with van der Waals surface area (Å²) < 4.78 is 2.60. The normalized spacial score (nSPS) is 11.0. The molecule has 1 aromatic heterocycles. The third-order valence-corrected chi connectivity index (χ3v) is 4.59. The molecular weight excluding hydrogens is 318 g/mol. The number of aromatic hydroxyl groups is 1. The highest BCUT2D eigenvalue weighted by atomic mass is 32.1. The Morgan fingerprint density at radius 2 is 1.79 bits per heavy atom. The summed E-state index contributed by atoms with van der Waals surface area (Å²) in [6.45, 7) is 6.25. The van der Waals surface area contributed by atoms with Crippen molar-refractivity contribution in [3.63, 3.8) is 0 Å². The number of para-hydroxylation sites is 1. The fourth-order valence-corrected chi connectivity index (χ4v) is 3.31. The lowest BCUT2D eigenvalue weighted by Gasteiger charge is -2.16. The molecule has 3 aromatic rings. The van der Waals surface area contributed by atoms with E-state index in [1.165, 1.54) is 11.1 Å². The van der Waals surface area contributed by atoms with Crippen LogP contribution in [0.25, 0.3) is 17.1 Å². The first-order valence-corrected chi connectivity index (χ1v) is 8.56. The molecule has 0 unspecified atom stereocenters. The van der Waals surface area contributed by atoms with E-state index in [0.717, 1.165) is 35.5 Å². The Kier molecular flexibility index (Phi) is 4.53. The second-order valence-electron chi connectivity index (χ2n) is 5.82. The second kappa shape index (κ2) is 6.61. The molecule has 0 saturated carbocycles. The maximum absolute atomic E-state index is 9.68. The van der Waals surface area contributed by atoms with Gasteiger partial charge in [-0.3, -0.25) is 9.67 Å². The predicted octanol–water partition coefficient (Wildman–Crippen LogP) is 4.74. The van der Waals surface area contributed by atoms with Gasteiger partial charge in [0.2, 0.25) is 0 Å². The monoisotopic (exact) mass is 339 g/mol. The van der Waals surface area contributed by atoms with Crippen LogP contribution in [0.15, 0.2) is 36.4 Å². The Bertz CT molecular complexity index is 918. The zero-order valence-electron chi connectivity index (χ0n) is 14.1. The molecule has 0 spiro atoms. The van der Waals surface area contributed by atoms with Gasteiger partial charge in [0.1, 0.15) is 5.75 Å². The topological polar surface area (TPSA) is 53.8 Å². The summed E-state index contributed by atoms with van der Waals surface area (Å²) in [6.07, 6.45) is 1.84. The van der Waals surface area contributed by atoms with E-state index in [4.69, 9.17) is 12.2 Å². The number of phenolic OH excluding ortho intramolecular Hbond substituents is 1. The number of nitrogens with zero attached hydrogens (tertiary/aromatic N) is 2. The minimum Gasteiger partial charge on any atom is -0.508 e. The van der Waals surface area contributed by atoms with Crippen LogP contribution in [0.1, 0.15) is 30.5 Å². The van der Waals surface area contributed by atoms with Gasteiger partial charge in [-0.25, -0.2) is 0 Å². The van der Waals surface area contributed by atoms with Gasteiger partial charge >= 0.3 is 0 Å². The Morgan fingerprint density at radius 3 is 2.38 bits per heavy atom.